The van der Waals surface area contributed by atoms with Crippen LogP contribution in [0, 0.1) is 5.92 Å². The van der Waals surface area contributed by atoms with E-state index in [1.165, 1.54) is 32.1 Å². The van der Waals surface area contributed by atoms with E-state index in [4.69, 9.17) is 0 Å². The van der Waals surface area contributed by atoms with Gasteiger partial charge in [0.15, 0.2) is 0 Å². The quantitative estimate of drug-likeness (QED) is 0.751. The number of likely N-dealkylation sites (N-methyl/N-ethyl adjacent to an activating group) is 1. The van der Waals surface area contributed by atoms with Crippen molar-refractivity contribution in [3.63, 3.8) is 0 Å². The van der Waals surface area contributed by atoms with Gasteiger partial charge in [-0.25, -0.2) is 0 Å². The third-order valence-corrected chi connectivity index (χ3v) is 3.44. The fourth-order valence-electron chi connectivity index (χ4n) is 2.18. The molecule has 0 aromatic rings. The minimum atomic E-state index is -0.165. The Hall–Kier alpha value is -0.0800. The van der Waals surface area contributed by atoms with E-state index in [1.807, 2.05) is 0 Å². The van der Waals surface area contributed by atoms with Crippen LogP contribution < -0.4 is 0 Å². The first-order chi connectivity index (χ1) is 6.61. The lowest BCUT2D eigenvalue weighted by atomic mass is 9.94. The Kier molecular flexibility index (Phi) is 4.90. The van der Waals surface area contributed by atoms with Crippen LogP contribution in [0.3, 0.4) is 0 Å². The molecular formula is C12H25NO. The van der Waals surface area contributed by atoms with E-state index >= 15 is 0 Å². The molecule has 1 fully saturated rings. The van der Waals surface area contributed by atoms with Crippen molar-refractivity contribution < 1.29 is 5.11 Å². The Morgan fingerprint density at radius 2 is 1.79 bits per heavy atom. The topological polar surface area (TPSA) is 23.5 Å². The SMILES string of the molecule is CC(C)C(O)CN(C)C1CCCCC1. The summed E-state index contributed by atoms with van der Waals surface area (Å²) < 4.78 is 0. The minimum absolute atomic E-state index is 0.165. The lowest BCUT2D eigenvalue weighted by Crippen LogP contribution is -2.40. The smallest absolute Gasteiger partial charge is 0.0689 e. The van der Waals surface area contributed by atoms with Gasteiger partial charge in [-0.2, -0.15) is 0 Å². The van der Waals surface area contributed by atoms with Crippen LogP contribution in [0.5, 0.6) is 0 Å². The van der Waals surface area contributed by atoms with Crippen molar-refractivity contribution in [3.8, 4) is 0 Å². The van der Waals surface area contributed by atoms with Gasteiger partial charge in [-0.15, -0.1) is 0 Å². The van der Waals surface area contributed by atoms with Crippen LogP contribution in [0.4, 0.5) is 0 Å². The van der Waals surface area contributed by atoms with Gasteiger partial charge in [0, 0.05) is 12.6 Å². The van der Waals surface area contributed by atoms with Crippen LogP contribution in [-0.4, -0.2) is 35.7 Å². The molecule has 2 nitrogen and oxygen atoms in total. The molecule has 84 valence electrons. The van der Waals surface area contributed by atoms with Crippen LogP contribution in [0.15, 0.2) is 0 Å². The molecule has 0 saturated heterocycles. The van der Waals surface area contributed by atoms with Gasteiger partial charge in [-0.1, -0.05) is 33.1 Å². The van der Waals surface area contributed by atoms with Crippen LogP contribution >= 0.6 is 0 Å². The van der Waals surface area contributed by atoms with Crippen molar-refractivity contribution >= 4 is 0 Å². The Morgan fingerprint density at radius 3 is 2.29 bits per heavy atom. The molecule has 1 atom stereocenters. The fraction of sp³-hybridized carbons (Fsp3) is 1.00. The summed E-state index contributed by atoms with van der Waals surface area (Å²) in [6.07, 6.45) is 6.61. The molecule has 1 rings (SSSR count). The van der Waals surface area contributed by atoms with Crippen molar-refractivity contribution in [2.24, 2.45) is 5.92 Å². The molecule has 1 N–H and O–H groups in total. The standard InChI is InChI=1S/C12H25NO/c1-10(2)12(14)9-13(3)11-7-5-4-6-8-11/h10-12,14H,4-9H2,1-3H3. The van der Waals surface area contributed by atoms with Gasteiger partial charge < -0.3 is 10.0 Å². The second kappa shape index (κ2) is 5.72. The Bertz CT molecular complexity index is 152. The van der Waals surface area contributed by atoms with Gasteiger partial charge in [-0.05, 0) is 25.8 Å². The van der Waals surface area contributed by atoms with E-state index in [0.717, 1.165) is 12.6 Å². The Labute approximate surface area is 88.3 Å². The second-order valence-electron chi connectivity index (χ2n) is 5.04. The predicted molar refractivity (Wildman–Crippen MR) is 60.3 cm³/mol. The summed E-state index contributed by atoms with van der Waals surface area (Å²) in [4.78, 5) is 2.35. The van der Waals surface area contributed by atoms with Gasteiger partial charge in [0.05, 0.1) is 6.10 Å². The van der Waals surface area contributed by atoms with Gasteiger partial charge in [0.2, 0.25) is 0 Å². The summed E-state index contributed by atoms with van der Waals surface area (Å²) >= 11 is 0. The number of hydrogen-bond donors (Lipinski definition) is 1. The van der Waals surface area contributed by atoms with Crippen LogP contribution in [0.1, 0.15) is 46.0 Å². The second-order valence-corrected chi connectivity index (χ2v) is 5.04. The average Bonchev–Trinajstić information content (AvgIpc) is 2.19. The maximum Gasteiger partial charge on any atom is 0.0689 e. The number of aliphatic hydroxyl groups excluding tert-OH is 1. The van der Waals surface area contributed by atoms with E-state index in [1.54, 1.807) is 0 Å². The highest BCUT2D eigenvalue weighted by Crippen LogP contribution is 2.22. The molecule has 0 aromatic carbocycles. The highest BCUT2D eigenvalue weighted by Gasteiger charge is 2.20. The van der Waals surface area contributed by atoms with E-state index in [9.17, 15) is 5.11 Å². The Balaban J connectivity index is 2.28. The highest BCUT2D eigenvalue weighted by atomic mass is 16.3. The zero-order valence-corrected chi connectivity index (χ0v) is 9.87. The summed E-state index contributed by atoms with van der Waals surface area (Å²) in [7, 11) is 2.15. The first-order valence-electron chi connectivity index (χ1n) is 5.99. The predicted octanol–water partition coefficient (Wildman–Crippen LogP) is 2.27. The number of rotatable bonds is 4. The highest BCUT2D eigenvalue weighted by molar-refractivity contribution is 4.76. The largest absolute Gasteiger partial charge is 0.392 e. The molecule has 0 amide bonds. The lowest BCUT2D eigenvalue weighted by Gasteiger charge is -2.33. The molecule has 1 aliphatic carbocycles. The van der Waals surface area contributed by atoms with Crippen molar-refractivity contribution in [2.45, 2.75) is 58.1 Å². The molecule has 1 unspecified atom stereocenters. The van der Waals surface area contributed by atoms with E-state index in [0.29, 0.717) is 5.92 Å². The van der Waals surface area contributed by atoms with Crippen LogP contribution in [0.2, 0.25) is 0 Å². The van der Waals surface area contributed by atoms with Crippen LogP contribution in [0.25, 0.3) is 0 Å². The molecule has 0 spiro atoms. The lowest BCUT2D eigenvalue weighted by molar-refractivity contribution is 0.0617. The van der Waals surface area contributed by atoms with Crippen molar-refractivity contribution in [2.75, 3.05) is 13.6 Å². The molecule has 2 heteroatoms. The summed E-state index contributed by atoms with van der Waals surface area (Å²) in [5.74, 6) is 0.376. The summed E-state index contributed by atoms with van der Waals surface area (Å²) in [5.41, 5.74) is 0. The summed E-state index contributed by atoms with van der Waals surface area (Å²) in [6.45, 7) is 5.00. The first kappa shape index (κ1) is 12.0. The minimum Gasteiger partial charge on any atom is -0.392 e. The van der Waals surface area contributed by atoms with Gasteiger partial charge in [-0.3, -0.25) is 0 Å². The van der Waals surface area contributed by atoms with Crippen molar-refractivity contribution in [1.82, 2.24) is 4.90 Å². The molecule has 0 aliphatic heterocycles. The molecule has 1 saturated carbocycles. The molecule has 0 radical (unpaired) electrons. The van der Waals surface area contributed by atoms with Crippen molar-refractivity contribution in [1.29, 1.82) is 0 Å². The normalized spacial score (nSPS) is 21.9. The molecule has 0 aromatic heterocycles. The van der Waals surface area contributed by atoms with Gasteiger partial charge >= 0.3 is 0 Å². The summed E-state index contributed by atoms with van der Waals surface area (Å²) in [6, 6.07) is 0.720. The fourth-order valence-corrected chi connectivity index (χ4v) is 2.18. The van der Waals surface area contributed by atoms with Crippen molar-refractivity contribution in [3.05, 3.63) is 0 Å². The monoisotopic (exact) mass is 199 g/mol. The molecule has 0 heterocycles. The number of nitrogens with zero attached hydrogens (tertiary/aromatic N) is 1. The zero-order chi connectivity index (χ0) is 10.6. The molecule has 0 bridgehead atoms. The maximum atomic E-state index is 9.79. The van der Waals surface area contributed by atoms with E-state index < -0.39 is 0 Å². The number of aliphatic hydroxyl groups is 1. The zero-order valence-electron chi connectivity index (χ0n) is 9.87. The van der Waals surface area contributed by atoms with Gasteiger partial charge in [0.25, 0.3) is 0 Å². The third-order valence-electron chi connectivity index (χ3n) is 3.44. The molecular weight excluding hydrogens is 174 g/mol. The van der Waals surface area contributed by atoms with E-state index in [2.05, 4.69) is 25.8 Å². The Morgan fingerprint density at radius 1 is 1.21 bits per heavy atom. The number of hydrogen-bond acceptors (Lipinski definition) is 2. The summed E-state index contributed by atoms with van der Waals surface area (Å²) in [5, 5.41) is 9.79. The molecule has 1 aliphatic rings. The van der Waals surface area contributed by atoms with E-state index in [-0.39, 0.29) is 6.10 Å². The first-order valence-corrected chi connectivity index (χ1v) is 5.99. The maximum absolute atomic E-state index is 9.79. The molecule has 14 heavy (non-hydrogen) atoms. The van der Waals surface area contributed by atoms with Crippen LogP contribution in [-0.2, 0) is 0 Å². The average molecular weight is 199 g/mol. The van der Waals surface area contributed by atoms with Gasteiger partial charge in [0.1, 0.15) is 0 Å². The third kappa shape index (κ3) is 3.58.